The summed E-state index contributed by atoms with van der Waals surface area (Å²) in [6.45, 7) is 0. The number of phenols is 2. The van der Waals surface area contributed by atoms with Crippen molar-refractivity contribution < 1.29 is 18.6 Å². The third-order valence-corrected chi connectivity index (χ3v) is 15.8. The van der Waals surface area contributed by atoms with Crippen LogP contribution in [0, 0.1) is 0 Å². The van der Waals surface area contributed by atoms with Crippen LogP contribution in [0.15, 0.2) is 34.1 Å². The molecule has 2 aromatic rings. The summed E-state index contributed by atoms with van der Waals surface area (Å²) in [6.07, 6.45) is 37.0. The maximum Gasteiger partial charge on any atom is 0.206 e. The van der Waals surface area contributed by atoms with Gasteiger partial charge in [0.1, 0.15) is 11.5 Å². The van der Waals surface area contributed by atoms with Gasteiger partial charge in [-0.2, -0.15) is 0 Å². The zero-order valence-corrected chi connectivity index (χ0v) is 34.2. The molecule has 4 fully saturated rings. The molecule has 0 radical (unpaired) electrons. The number of benzene rings is 2. The average molecular weight is 747 g/mol. The van der Waals surface area contributed by atoms with Crippen LogP contribution in [0.4, 0.5) is 0 Å². The van der Waals surface area contributed by atoms with Gasteiger partial charge in [0.15, 0.2) is 0 Å². The van der Waals surface area contributed by atoms with Crippen LogP contribution in [0.1, 0.15) is 251 Å². The summed E-state index contributed by atoms with van der Waals surface area (Å²) >= 11 is 0. The van der Waals surface area contributed by atoms with Crippen LogP contribution in [0.25, 0.3) is 0 Å². The SMILES string of the molecule is O=S(=O)(c1cc(C2CCCCCCCC2)c(O)c(C2CCCCCCCC2)c1)c1cc(C2CCCCCCCC2)c(O)c(C2CCCCCCCC2)c1. The fourth-order valence-corrected chi connectivity index (χ4v) is 12.2. The normalized spacial score (nSPS) is 22.9. The minimum absolute atomic E-state index is 0.182. The molecule has 4 aliphatic rings. The smallest absolute Gasteiger partial charge is 0.206 e. The minimum Gasteiger partial charge on any atom is -0.507 e. The lowest BCUT2D eigenvalue weighted by Gasteiger charge is -2.26. The molecule has 4 aliphatic carbocycles. The second-order valence-electron chi connectivity index (χ2n) is 18.0. The Labute approximate surface area is 324 Å². The Morgan fingerprint density at radius 1 is 0.321 bits per heavy atom. The molecule has 0 unspecified atom stereocenters. The van der Waals surface area contributed by atoms with Gasteiger partial charge in [-0.05, 0) is 122 Å². The number of sulfone groups is 1. The van der Waals surface area contributed by atoms with Crippen LogP contribution in [0.2, 0.25) is 0 Å². The van der Waals surface area contributed by atoms with Gasteiger partial charge in [0, 0.05) is 0 Å². The molecule has 0 heterocycles. The maximum atomic E-state index is 15.3. The van der Waals surface area contributed by atoms with E-state index in [-0.39, 0.29) is 23.7 Å². The van der Waals surface area contributed by atoms with E-state index in [1.165, 1.54) is 103 Å². The predicted octanol–water partition coefficient (Wildman–Crippen LogP) is 14.8. The lowest BCUT2D eigenvalue weighted by molar-refractivity contribution is 0.425. The Bertz CT molecular complexity index is 1290. The first-order chi connectivity index (χ1) is 25.9. The van der Waals surface area contributed by atoms with E-state index in [1.54, 1.807) is 0 Å². The molecule has 2 N–H and O–H groups in total. The van der Waals surface area contributed by atoms with Crippen molar-refractivity contribution in [3.05, 3.63) is 46.5 Å². The monoisotopic (exact) mass is 747 g/mol. The van der Waals surface area contributed by atoms with Crippen LogP contribution in [-0.2, 0) is 9.84 Å². The van der Waals surface area contributed by atoms with Gasteiger partial charge >= 0.3 is 0 Å². The van der Waals surface area contributed by atoms with Gasteiger partial charge < -0.3 is 10.2 Å². The number of rotatable bonds is 6. The summed E-state index contributed by atoms with van der Waals surface area (Å²) in [5, 5.41) is 24.4. The van der Waals surface area contributed by atoms with Gasteiger partial charge in [0.25, 0.3) is 0 Å². The highest BCUT2D eigenvalue weighted by Gasteiger charge is 2.31. The molecule has 0 bridgehead atoms. The molecule has 0 saturated heterocycles. The van der Waals surface area contributed by atoms with E-state index >= 15 is 8.42 Å². The summed E-state index contributed by atoms with van der Waals surface area (Å²) in [5.74, 6) is 1.51. The topological polar surface area (TPSA) is 74.6 Å². The van der Waals surface area contributed by atoms with Crippen LogP contribution in [-0.4, -0.2) is 18.6 Å². The van der Waals surface area contributed by atoms with Gasteiger partial charge in [-0.3, -0.25) is 0 Å². The van der Waals surface area contributed by atoms with Crippen molar-refractivity contribution in [2.24, 2.45) is 0 Å². The van der Waals surface area contributed by atoms with E-state index in [9.17, 15) is 10.2 Å². The highest BCUT2D eigenvalue weighted by molar-refractivity contribution is 7.91. The standard InChI is InChI=1S/C48H74O4S/c49-47-43(37-25-17-9-1-2-10-18-26-37)33-41(34-44(47)38-27-19-11-3-4-12-20-28-38)53(51,52)42-35-45(39-29-21-13-5-6-14-22-30-39)48(50)46(36-42)40-31-23-15-7-8-16-24-32-40/h33-40,49-50H,1-32H2. The van der Waals surface area contributed by atoms with Crippen molar-refractivity contribution in [3.8, 4) is 11.5 Å². The summed E-state index contributed by atoms with van der Waals surface area (Å²) < 4.78 is 30.7. The summed E-state index contributed by atoms with van der Waals surface area (Å²) in [7, 11) is -3.93. The molecule has 6 rings (SSSR count). The summed E-state index contributed by atoms with van der Waals surface area (Å²) in [6, 6.07) is 7.60. The van der Waals surface area contributed by atoms with E-state index in [2.05, 4.69) is 0 Å². The minimum atomic E-state index is -3.93. The highest BCUT2D eigenvalue weighted by Crippen LogP contribution is 2.47. The van der Waals surface area contributed by atoms with Crippen molar-refractivity contribution >= 4 is 9.84 Å². The summed E-state index contributed by atoms with van der Waals surface area (Å²) in [4.78, 5) is 0.734. The lowest BCUT2D eigenvalue weighted by Crippen LogP contribution is -2.12. The lowest BCUT2D eigenvalue weighted by atomic mass is 9.83. The third-order valence-electron chi connectivity index (χ3n) is 14.1. The molecular formula is C48H74O4S. The van der Waals surface area contributed by atoms with Gasteiger partial charge in [-0.15, -0.1) is 0 Å². The van der Waals surface area contributed by atoms with Crippen LogP contribution >= 0.6 is 0 Å². The molecule has 0 amide bonds. The molecule has 0 spiro atoms. The third kappa shape index (κ3) is 11.1. The van der Waals surface area contributed by atoms with Crippen molar-refractivity contribution in [2.75, 3.05) is 0 Å². The van der Waals surface area contributed by atoms with Gasteiger partial charge in [0.05, 0.1) is 9.79 Å². The predicted molar refractivity (Wildman–Crippen MR) is 220 cm³/mol. The van der Waals surface area contributed by atoms with Crippen molar-refractivity contribution in [1.29, 1.82) is 0 Å². The fourth-order valence-electron chi connectivity index (χ4n) is 10.8. The van der Waals surface area contributed by atoms with E-state index in [1.807, 2.05) is 24.3 Å². The Morgan fingerprint density at radius 2 is 0.491 bits per heavy atom. The highest BCUT2D eigenvalue weighted by atomic mass is 32.2. The van der Waals surface area contributed by atoms with E-state index < -0.39 is 9.84 Å². The van der Waals surface area contributed by atoms with Crippen LogP contribution in [0.5, 0.6) is 11.5 Å². The molecule has 296 valence electrons. The Balaban J connectivity index is 1.48. The first-order valence-electron chi connectivity index (χ1n) is 22.9. The van der Waals surface area contributed by atoms with E-state index in [0.717, 1.165) is 125 Å². The molecular weight excluding hydrogens is 673 g/mol. The molecule has 0 atom stereocenters. The quantitative estimate of drug-likeness (QED) is 0.309. The molecule has 4 nitrogen and oxygen atoms in total. The van der Waals surface area contributed by atoms with Crippen LogP contribution < -0.4 is 0 Å². The van der Waals surface area contributed by atoms with Gasteiger partial charge in [-0.1, -0.05) is 154 Å². The fraction of sp³-hybridized carbons (Fsp3) is 0.750. The number of aromatic hydroxyl groups is 2. The van der Waals surface area contributed by atoms with Gasteiger partial charge in [-0.25, -0.2) is 8.42 Å². The molecule has 5 heteroatoms. The van der Waals surface area contributed by atoms with Crippen LogP contribution in [0.3, 0.4) is 0 Å². The zero-order chi connectivity index (χ0) is 36.9. The second-order valence-corrected chi connectivity index (χ2v) is 19.9. The Morgan fingerprint density at radius 3 is 0.679 bits per heavy atom. The Hall–Kier alpha value is -2.01. The number of phenolic OH excluding ortho intramolecular Hbond substituents is 2. The first kappa shape index (κ1) is 40.6. The number of hydrogen-bond acceptors (Lipinski definition) is 4. The molecule has 0 aliphatic heterocycles. The van der Waals surface area contributed by atoms with Gasteiger partial charge in [0.2, 0.25) is 9.84 Å². The molecule has 4 saturated carbocycles. The van der Waals surface area contributed by atoms with E-state index in [0.29, 0.717) is 21.3 Å². The first-order valence-corrected chi connectivity index (χ1v) is 24.4. The van der Waals surface area contributed by atoms with Crippen molar-refractivity contribution in [2.45, 2.75) is 239 Å². The average Bonchev–Trinajstić information content (AvgIpc) is 3.53. The molecule has 53 heavy (non-hydrogen) atoms. The maximum absolute atomic E-state index is 15.3. The zero-order valence-electron chi connectivity index (χ0n) is 33.4. The van der Waals surface area contributed by atoms with Crippen molar-refractivity contribution in [1.82, 2.24) is 0 Å². The largest absolute Gasteiger partial charge is 0.507 e. The second kappa shape index (κ2) is 20.8. The number of hydrogen-bond donors (Lipinski definition) is 2. The Kier molecular flexibility index (Phi) is 15.9. The summed E-state index contributed by atoms with van der Waals surface area (Å²) in [5.41, 5.74) is 3.54. The molecule has 2 aromatic carbocycles. The van der Waals surface area contributed by atoms with E-state index in [4.69, 9.17) is 0 Å². The van der Waals surface area contributed by atoms with Crippen molar-refractivity contribution in [3.63, 3.8) is 0 Å². The molecule has 0 aromatic heterocycles.